The summed E-state index contributed by atoms with van der Waals surface area (Å²) in [5, 5.41) is 3.48. The first-order chi connectivity index (χ1) is 16.5. The molecule has 0 saturated carbocycles. The third-order valence-corrected chi connectivity index (χ3v) is 6.39. The van der Waals surface area contributed by atoms with Crippen molar-refractivity contribution in [2.45, 2.75) is 31.6 Å². The Hall–Kier alpha value is -3.59. The van der Waals surface area contributed by atoms with E-state index in [1.807, 2.05) is 13.0 Å². The van der Waals surface area contributed by atoms with Gasteiger partial charge in [-0.05, 0) is 47.7 Å². The Balaban J connectivity index is 1.39. The van der Waals surface area contributed by atoms with Gasteiger partial charge >= 0.3 is 0 Å². The Morgan fingerprint density at radius 1 is 1.15 bits per heavy atom. The average Bonchev–Trinajstić information content (AvgIpc) is 2.87. The van der Waals surface area contributed by atoms with E-state index < -0.39 is 11.7 Å². The fourth-order valence-electron chi connectivity index (χ4n) is 3.77. The molecule has 0 aliphatic carbocycles. The molecule has 1 aliphatic rings. The Labute approximate surface area is 201 Å². The lowest BCUT2D eigenvalue weighted by Gasteiger charge is -2.30. The minimum absolute atomic E-state index is 0.129. The maximum Gasteiger partial charge on any atom is 0.282 e. The number of carbonyl (C=O) groups excluding carboxylic acids is 2. The fraction of sp³-hybridized carbons (Fsp3) is 0.240. The summed E-state index contributed by atoms with van der Waals surface area (Å²) in [5.41, 5.74) is 4.34. The predicted octanol–water partition coefficient (Wildman–Crippen LogP) is 3.48. The average molecular weight is 478 g/mol. The number of nitrogens with zero attached hydrogens (tertiary/aromatic N) is 4. The summed E-state index contributed by atoms with van der Waals surface area (Å²) in [4.78, 5) is 39.1. The van der Waals surface area contributed by atoms with Crippen molar-refractivity contribution in [2.24, 2.45) is 0 Å². The normalized spacial score (nSPS) is 13.4. The lowest BCUT2D eigenvalue weighted by molar-refractivity contribution is -0.129. The number of fused-ring (bicyclic) bond motifs is 1. The first kappa shape index (κ1) is 23.6. The van der Waals surface area contributed by atoms with Gasteiger partial charge in [0.25, 0.3) is 5.91 Å². The van der Waals surface area contributed by atoms with E-state index in [4.69, 9.17) is 0 Å². The minimum atomic E-state index is -0.790. The molecule has 3 aromatic rings. The van der Waals surface area contributed by atoms with Crippen molar-refractivity contribution in [1.82, 2.24) is 25.2 Å². The van der Waals surface area contributed by atoms with Crippen LogP contribution in [0.25, 0.3) is 6.08 Å². The fourth-order valence-corrected chi connectivity index (χ4v) is 4.40. The van der Waals surface area contributed by atoms with Crippen LogP contribution in [-0.2, 0) is 29.1 Å². The summed E-state index contributed by atoms with van der Waals surface area (Å²) >= 11 is 1.27. The van der Waals surface area contributed by atoms with E-state index >= 15 is 0 Å². The minimum Gasteiger partial charge on any atom is -0.351 e. The van der Waals surface area contributed by atoms with Crippen LogP contribution in [0.5, 0.6) is 0 Å². The summed E-state index contributed by atoms with van der Waals surface area (Å²) < 4.78 is 14.6. The zero-order valence-corrected chi connectivity index (χ0v) is 19.5. The molecule has 4 rings (SSSR count). The third kappa shape index (κ3) is 5.85. The maximum absolute atomic E-state index is 14.6. The smallest absolute Gasteiger partial charge is 0.282 e. The van der Waals surface area contributed by atoms with Gasteiger partial charge in [-0.2, -0.15) is 0 Å². The first-order valence-corrected chi connectivity index (χ1v) is 11.8. The molecule has 2 amide bonds. The number of nitrogens with one attached hydrogen (secondary N) is 1. The highest BCUT2D eigenvalue weighted by atomic mass is 32.2. The van der Waals surface area contributed by atoms with Gasteiger partial charge in [0.2, 0.25) is 5.91 Å². The highest BCUT2D eigenvalue weighted by Gasteiger charge is 2.26. The van der Waals surface area contributed by atoms with Gasteiger partial charge in [0.05, 0.1) is 5.75 Å². The van der Waals surface area contributed by atoms with Crippen LogP contribution in [0, 0.1) is 6.92 Å². The van der Waals surface area contributed by atoms with Crippen LogP contribution in [0.4, 0.5) is 4.39 Å². The molecule has 7 nitrogen and oxygen atoms in total. The molecule has 0 spiro atoms. The van der Waals surface area contributed by atoms with Crippen molar-refractivity contribution in [3.05, 3.63) is 88.8 Å². The molecule has 0 atom stereocenters. The van der Waals surface area contributed by atoms with E-state index in [0.29, 0.717) is 30.2 Å². The summed E-state index contributed by atoms with van der Waals surface area (Å²) in [5.74, 6) is -1.34. The number of benzene rings is 1. The molecule has 0 bridgehead atoms. The highest BCUT2D eigenvalue weighted by molar-refractivity contribution is 7.99. The van der Waals surface area contributed by atoms with Crippen LogP contribution in [0.3, 0.4) is 0 Å². The number of hydrogen-bond acceptors (Lipinski definition) is 6. The van der Waals surface area contributed by atoms with Crippen LogP contribution in [0.15, 0.2) is 66.0 Å². The predicted molar refractivity (Wildman–Crippen MR) is 128 cm³/mol. The second-order valence-corrected chi connectivity index (χ2v) is 8.74. The Kier molecular flexibility index (Phi) is 7.64. The zero-order chi connectivity index (χ0) is 23.9. The molecule has 174 valence electrons. The maximum atomic E-state index is 14.6. The highest BCUT2D eigenvalue weighted by Crippen LogP contribution is 2.25. The van der Waals surface area contributed by atoms with E-state index in [9.17, 15) is 14.0 Å². The largest absolute Gasteiger partial charge is 0.351 e. The number of amides is 2. The standard InChI is InChI=1S/C25H24FN5O2S/c1-17-21(14-30-23(32)16-34-25-27-9-5-10-28-25)20-8-11-31(15-19(20)13-29-17)24(33)22(26)12-18-6-3-2-4-7-18/h2-7,9-10,12-13H,8,11,14-16H2,1H3,(H,30,32)/b22-12-. The molecule has 2 aromatic heterocycles. The molecule has 0 saturated heterocycles. The second-order valence-electron chi connectivity index (χ2n) is 7.80. The molecule has 0 fully saturated rings. The summed E-state index contributed by atoms with van der Waals surface area (Å²) in [6, 6.07) is 10.6. The number of aromatic nitrogens is 3. The molecule has 34 heavy (non-hydrogen) atoms. The van der Waals surface area contributed by atoms with Gasteiger partial charge in [0.1, 0.15) is 0 Å². The van der Waals surface area contributed by atoms with Gasteiger partial charge in [0, 0.05) is 43.9 Å². The van der Waals surface area contributed by atoms with Crippen molar-refractivity contribution in [2.75, 3.05) is 12.3 Å². The van der Waals surface area contributed by atoms with Crippen molar-refractivity contribution in [3.8, 4) is 0 Å². The lowest BCUT2D eigenvalue weighted by atomic mass is 9.94. The van der Waals surface area contributed by atoms with E-state index in [-0.39, 0.29) is 18.2 Å². The first-order valence-electron chi connectivity index (χ1n) is 10.9. The molecule has 1 aliphatic heterocycles. The molecular weight excluding hydrogens is 453 g/mol. The molecular formula is C25H24FN5O2S. The summed E-state index contributed by atoms with van der Waals surface area (Å²) in [6.07, 6.45) is 6.83. The SMILES string of the molecule is Cc1ncc2c(c1CNC(=O)CSc1ncccn1)CCN(C(=O)/C(F)=C/c1ccccc1)C2. The summed E-state index contributed by atoms with van der Waals surface area (Å²) in [6.45, 7) is 2.91. The number of thioether (sulfide) groups is 1. The number of hydrogen-bond donors (Lipinski definition) is 1. The molecule has 3 heterocycles. The zero-order valence-electron chi connectivity index (χ0n) is 18.7. The van der Waals surface area contributed by atoms with E-state index in [1.54, 1.807) is 48.9 Å². The molecule has 0 radical (unpaired) electrons. The topological polar surface area (TPSA) is 88.1 Å². The lowest BCUT2D eigenvalue weighted by Crippen LogP contribution is -2.37. The second kappa shape index (κ2) is 11.0. The molecule has 1 aromatic carbocycles. The van der Waals surface area contributed by atoms with Crippen LogP contribution < -0.4 is 5.32 Å². The number of aryl methyl sites for hydroxylation is 1. The van der Waals surface area contributed by atoms with Crippen molar-refractivity contribution < 1.29 is 14.0 Å². The van der Waals surface area contributed by atoms with Crippen LogP contribution in [0.2, 0.25) is 0 Å². The van der Waals surface area contributed by atoms with Gasteiger partial charge in [-0.1, -0.05) is 42.1 Å². The van der Waals surface area contributed by atoms with E-state index in [1.165, 1.54) is 22.7 Å². The Morgan fingerprint density at radius 3 is 2.68 bits per heavy atom. The Bertz CT molecular complexity index is 1200. The molecule has 1 N–H and O–H groups in total. The van der Waals surface area contributed by atoms with Gasteiger partial charge < -0.3 is 10.2 Å². The molecule has 0 unspecified atom stereocenters. The van der Waals surface area contributed by atoms with Crippen molar-refractivity contribution >= 4 is 29.7 Å². The third-order valence-electron chi connectivity index (χ3n) is 5.52. The number of pyridine rings is 1. The quantitative estimate of drug-likeness (QED) is 0.318. The van der Waals surface area contributed by atoms with Gasteiger partial charge in [-0.3, -0.25) is 14.6 Å². The summed E-state index contributed by atoms with van der Waals surface area (Å²) in [7, 11) is 0. The number of halogens is 1. The number of rotatable bonds is 7. The van der Waals surface area contributed by atoms with Gasteiger partial charge in [-0.15, -0.1) is 0 Å². The Morgan fingerprint density at radius 2 is 1.91 bits per heavy atom. The molecule has 9 heteroatoms. The van der Waals surface area contributed by atoms with Crippen LogP contribution in [-0.4, -0.2) is 44.0 Å². The van der Waals surface area contributed by atoms with Crippen LogP contribution >= 0.6 is 11.8 Å². The van der Waals surface area contributed by atoms with Crippen LogP contribution in [0.1, 0.15) is 27.9 Å². The number of carbonyl (C=O) groups is 2. The van der Waals surface area contributed by atoms with Crippen molar-refractivity contribution in [1.29, 1.82) is 0 Å². The van der Waals surface area contributed by atoms with Gasteiger partial charge in [0.15, 0.2) is 11.0 Å². The van der Waals surface area contributed by atoms with Crippen molar-refractivity contribution in [3.63, 3.8) is 0 Å². The monoisotopic (exact) mass is 477 g/mol. The van der Waals surface area contributed by atoms with E-state index in [0.717, 1.165) is 22.4 Å². The van der Waals surface area contributed by atoms with Gasteiger partial charge in [-0.25, -0.2) is 14.4 Å². The van der Waals surface area contributed by atoms with E-state index in [2.05, 4.69) is 20.3 Å².